The second-order valence-corrected chi connectivity index (χ2v) is 6.81. The van der Waals surface area contributed by atoms with E-state index in [0.717, 1.165) is 22.4 Å². The lowest BCUT2D eigenvalue weighted by molar-refractivity contribution is -0.137. The molecular formula is C24H23FN2O2. The van der Waals surface area contributed by atoms with Gasteiger partial charge in [0.2, 0.25) is 0 Å². The lowest BCUT2D eigenvalue weighted by atomic mass is 9.97. The number of aromatic nitrogens is 2. The van der Waals surface area contributed by atoms with E-state index in [1.165, 1.54) is 18.2 Å². The third kappa shape index (κ3) is 4.93. The van der Waals surface area contributed by atoms with E-state index >= 15 is 0 Å². The number of rotatable bonds is 6. The topological polar surface area (TPSA) is 52.1 Å². The molecule has 0 atom stereocenters. The van der Waals surface area contributed by atoms with Crippen LogP contribution in [-0.4, -0.2) is 22.5 Å². The molecule has 0 aliphatic rings. The molecule has 3 aromatic rings. The summed E-state index contributed by atoms with van der Waals surface area (Å²) in [5.41, 5.74) is 3.80. The zero-order chi connectivity index (χ0) is 20.8. The van der Waals surface area contributed by atoms with Crippen molar-refractivity contribution in [1.29, 1.82) is 0 Å². The normalized spacial score (nSPS) is 11.2. The summed E-state index contributed by atoms with van der Waals surface area (Å²) in [6.45, 7) is 6.13. The second kappa shape index (κ2) is 9.24. The summed E-state index contributed by atoms with van der Waals surface area (Å²) in [6, 6.07) is 15.8. The van der Waals surface area contributed by atoms with E-state index < -0.39 is 5.97 Å². The number of halogens is 1. The van der Waals surface area contributed by atoms with Crippen molar-refractivity contribution in [3.05, 3.63) is 77.7 Å². The zero-order valence-corrected chi connectivity index (χ0v) is 16.7. The fraction of sp³-hybridized carbons (Fsp3) is 0.208. The van der Waals surface area contributed by atoms with Gasteiger partial charge in [-0.1, -0.05) is 44.2 Å². The van der Waals surface area contributed by atoms with Crippen molar-refractivity contribution in [3.8, 4) is 22.6 Å². The van der Waals surface area contributed by atoms with Gasteiger partial charge in [0.1, 0.15) is 5.82 Å². The third-order valence-electron chi connectivity index (χ3n) is 4.34. The number of hydrogen-bond donors (Lipinski definition) is 0. The fourth-order valence-corrected chi connectivity index (χ4v) is 2.98. The Hall–Kier alpha value is -3.34. The van der Waals surface area contributed by atoms with E-state index in [0.29, 0.717) is 18.1 Å². The Morgan fingerprint density at radius 1 is 1.03 bits per heavy atom. The van der Waals surface area contributed by atoms with Crippen molar-refractivity contribution in [1.82, 2.24) is 9.97 Å². The van der Waals surface area contributed by atoms with E-state index in [1.807, 2.05) is 44.2 Å². The Morgan fingerprint density at radius 2 is 1.72 bits per heavy atom. The summed E-state index contributed by atoms with van der Waals surface area (Å²) >= 11 is 0. The summed E-state index contributed by atoms with van der Waals surface area (Å²) in [7, 11) is 0. The summed E-state index contributed by atoms with van der Waals surface area (Å²) in [4.78, 5) is 21.4. The minimum Gasteiger partial charge on any atom is -0.463 e. The van der Waals surface area contributed by atoms with Gasteiger partial charge in [0.25, 0.3) is 0 Å². The van der Waals surface area contributed by atoms with Crippen LogP contribution in [0, 0.1) is 5.82 Å². The van der Waals surface area contributed by atoms with E-state index in [-0.39, 0.29) is 11.7 Å². The van der Waals surface area contributed by atoms with Crippen molar-refractivity contribution in [2.24, 2.45) is 0 Å². The van der Waals surface area contributed by atoms with Gasteiger partial charge in [-0.25, -0.2) is 19.2 Å². The first kappa shape index (κ1) is 20.4. The number of carbonyl (C=O) groups is 1. The van der Waals surface area contributed by atoms with Crippen molar-refractivity contribution in [2.45, 2.75) is 26.7 Å². The van der Waals surface area contributed by atoms with Gasteiger partial charge in [-0.15, -0.1) is 0 Å². The average Bonchev–Trinajstić information content (AvgIpc) is 2.73. The van der Waals surface area contributed by atoms with Gasteiger partial charge in [-0.2, -0.15) is 0 Å². The molecule has 148 valence electrons. The molecule has 2 aromatic carbocycles. The smallest absolute Gasteiger partial charge is 0.330 e. The number of esters is 1. The summed E-state index contributed by atoms with van der Waals surface area (Å²) in [6.07, 6.45) is 3.06. The highest BCUT2D eigenvalue weighted by atomic mass is 19.1. The molecule has 0 aliphatic heterocycles. The minimum absolute atomic E-state index is 0.0847. The lowest BCUT2D eigenvalue weighted by Crippen LogP contribution is -2.06. The zero-order valence-electron chi connectivity index (χ0n) is 16.7. The SMILES string of the molecule is CCOC(=O)C=Cc1c(-c2ccc(F)cc2)nc(-c2ccccc2)nc1C(C)C. The Balaban J connectivity index is 2.23. The maximum absolute atomic E-state index is 13.5. The van der Waals surface area contributed by atoms with Gasteiger partial charge in [0.05, 0.1) is 18.0 Å². The fourth-order valence-electron chi connectivity index (χ4n) is 2.98. The van der Waals surface area contributed by atoms with Crippen LogP contribution in [0.3, 0.4) is 0 Å². The number of nitrogens with zero attached hydrogens (tertiary/aromatic N) is 2. The van der Waals surface area contributed by atoms with Crippen molar-refractivity contribution < 1.29 is 13.9 Å². The molecule has 0 amide bonds. The largest absolute Gasteiger partial charge is 0.463 e. The molecule has 29 heavy (non-hydrogen) atoms. The van der Waals surface area contributed by atoms with Gasteiger partial charge in [-0.3, -0.25) is 0 Å². The lowest BCUT2D eigenvalue weighted by Gasteiger charge is -2.16. The van der Waals surface area contributed by atoms with E-state index in [2.05, 4.69) is 0 Å². The highest BCUT2D eigenvalue weighted by Gasteiger charge is 2.18. The van der Waals surface area contributed by atoms with Gasteiger partial charge < -0.3 is 4.74 Å². The van der Waals surface area contributed by atoms with Crippen LogP contribution in [0.15, 0.2) is 60.7 Å². The van der Waals surface area contributed by atoms with Crippen molar-refractivity contribution in [3.63, 3.8) is 0 Å². The van der Waals surface area contributed by atoms with Gasteiger partial charge in [-0.05, 0) is 43.2 Å². The van der Waals surface area contributed by atoms with Crippen LogP contribution in [0.1, 0.15) is 37.9 Å². The highest BCUT2D eigenvalue weighted by molar-refractivity contribution is 5.89. The van der Waals surface area contributed by atoms with Crippen LogP contribution in [0.2, 0.25) is 0 Å². The molecule has 0 N–H and O–H groups in total. The molecule has 1 heterocycles. The molecule has 0 radical (unpaired) electrons. The minimum atomic E-state index is -0.431. The predicted molar refractivity (Wildman–Crippen MR) is 113 cm³/mol. The molecule has 3 rings (SSSR count). The standard InChI is InChI=1S/C24H23FN2O2/c1-4-29-21(28)15-14-20-22(16(2)3)26-24(18-8-6-5-7-9-18)27-23(20)17-10-12-19(25)13-11-17/h5-16H,4H2,1-3H3. The van der Waals surface area contributed by atoms with Gasteiger partial charge >= 0.3 is 5.97 Å². The molecule has 0 bridgehead atoms. The highest BCUT2D eigenvalue weighted by Crippen LogP contribution is 2.31. The van der Waals surface area contributed by atoms with Crippen LogP contribution < -0.4 is 0 Å². The second-order valence-electron chi connectivity index (χ2n) is 6.81. The summed E-state index contributed by atoms with van der Waals surface area (Å²) in [5, 5.41) is 0. The van der Waals surface area contributed by atoms with Gasteiger partial charge in [0, 0.05) is 22.8 Å². The van der Waals surface area contributed by atoms with Gasteiger partial charge in [0.15, 0.2) is 5.82 Å². The van der Waals surface area contributed by atoms with E-state index in [4.69, 9.17) is 14.7 Å². The predicted octanol–water partition coefficient (Wildman–Crippen LogP) is 5.65. The van der Waals surface area contributed by atoms with E-state index in [9.17, 15) is 9.18 Å². The molecule has 0 saturated carbocycles. The molecule has 0 spiro atoms. The maximum atomic E-state index is 13.5. The number of carbonyl (C=O) groups excluding carboxylic acids is 1. The number of benzene rings is 2. The maximum Gasteiger partial charge on any atom is 0.330 e. The Labute approximate surface area is 170 Å². The summed E-state index contributed by atoms with van der Waals surface area (Å²) < 4.78 is 18.5. The Morgan fingerprint density at radius 3 is 2.34 bits per heavy atom. The summed E-state index contributed by atoms with van der Waals surface area (Å²) in [5.74, 6) is -0.0819. The molecule has 4 nitrogen and oxygen atoms in total. The Kier molecular flexibility index (Phi) is 6.50. The van der Waals surface area contributed by atoms with Crippen LogP contribution >= 0.6 is 0 Å². The molecule has 0 fully saturated rings. The monoisotopic (exact) mass is 390 g/mol. The van der Waals surface area contributed by atoms with Crippen LogP contribution in [0.5, 0.6) is 0 Å². The molecule has 0 unspecified atom stereocenters. The molecule has 0 aliphatic carbocycles. The van der Waals surface area contributed by atoms with Crippen LogP contribution in [0.4, 0.5) is 4.39 Å². The van der Waals surface area contributed by atoms with Crippen LogP contribution in [-0.2, 0) is 9.53 Å². The first-order valence-corrected chi connectivity index (χ1v) is 9.57. The Bertz CT molecular complexity index is 1010. The van der Waals surface area contributed by atoms with Crippen molar-refractivity contribution in [2.75, 3.05) is 6.61 Å². The first-order chi connectivity index (χ1) is 14.0. The van der Waals surface area contributed by atoms with Crippen molar-refractivity contribution >= 4 is 12.0 Å². The van der Waals surface area contributed by atoms with E-state index in [1.54, 1.807) is 25.1 Å². The molecule has 0 saturated heterocycles. The third-order valence-corrected chi connectivity index (χ3v) is 4.34. The molecule has 5 heteroatoms. The quantitative estimate of drug-likeness (QED) is 0.403. The average molecular weight is 390 g/mol. The van der Waals surface area contributed by atoms with Crippen LogP contribution in [0.25, 0.3) is 28.7 Å². The molecular weight excluding hydrogens is 367 g/mol. The molecule has 1 aromatic heterocycles. The first-order valence-electron chi connectivity index (χ1n) is 9.57. The number of ether oxygens (including phenoxy) is 1. The number of hydrogen-bond acceptors (Lipinski definition) is 4.